The number of nitrogens with zero attached hydrogens (tertiary/aromatic N) is 2. The molecule has 0 aliphatic carbocycles. The molecule has 0 heterocycles. The number of anilines is 1. The summed E-state index contributed by atoms with van der Waals surface area (Å²) in [4.78, 5) is 15.0. The second-order valence-corrected chi connectivity index (χ2v) is 4.72. The van der Waals surface area contributed by atoms with E-state index in [2.05, 4.69) is 0 Å². The lowest BCUT2D eigenvalue weighted by Gasteiger charge is -2.19. The molecule has 1 aromatic rings. The third kappa shape index (κ3) is 4.24. The van der Waals surface area contributed by atoms with Crippen LogP contribution in [-0.4, -0.2) is 43.4 Å². The molecule has 0 aromatic heterocycles. The van der Waals surface area contributed by atoms with Crippen molar-refractivity contribution in [3.05, 3.63) is 28.8 Å². The van der Waals surface area contributed by atoms with Crippen molar-refractivity contribution in [2.45, 2.75) is 6.54 Å². The Morgan fingerprint density at radius 3 is 2.53 bits per heavy atom. The summed E-state index contributed by atoms with van der Waals surface area (Å²) >= 11 is 5.84. The lowest BCUT2D eigenvalue weighted by molar-refractivity contribution is -0.129. The van der Waals surface area contributed by atoms with Crippen LogP contribution in [0.3, 0.4) is 0 Å². The van der Waals surface area contributed by atoms with E-state index in [4.69, 9.17) is 17.3 Å². The van der Waals surface area contributed by atoms with Gasteiger partial charge >= 0.3 is 0 Å². The predicted octanol–water partition coefficient (Wildman–Crippen LogP) is 1.44. The number of hydrogen-bond donors (Lipinski definition) is 1. The third-order valence-electron chi connectivity index (χ3n) is 2.42. The van der Waals surface area contributed by atoms with Gasteiger partial charge in [-0.15, -0.1) is 0 Å². The molecule has 5 heteroatoms. The Balaban J connectivity index is 2.59. The summed E-state index contributed by atoms with van der Waals surface area (Å²) in [5, 5.41) is 0.556. The predicted molar refractivity (Wildman–Crippen MR) is 70.9 cm³/mol. The first kappa shape index (κ1) is 13.8. The molecule has 0 radical (unpaired) electrons. The Morgan fingerprint density at radius 2 is 2.00 bits per heavy atom. The molecule has 94 valence electrons. The van der Waals surface area contributed by atoms with Crippen LogP contribution in [0.2, 0.25) is 5.02 Å². The minimum atomic E-state index is 0.0782. The summed E-state index contributed by atoms with van der Waals surface area (Å²) in [6.45, 7) is 1.05. The number of carbonyl (C=O) groups excluding carboxylic acids is 1. The van der Waals surface area contributed by atoms with Gasteiger partial charge in [-0.3, -0.25) is 9.69 Å². The Labute approximate surface area is 107 Å². The van der Waals surface area contributed by atoms with Crippen LogP contribution < -0.4 is 5.73 Å². The normalized spacial score (nSPS) is 10.6. The molecule has 0 atom stereocenters. The highest BCUT2D eigenvalue weighted by Gasteiger charge is 2.09. The highest BCUT2D eigenvalue weighted by molar-refractivity contribution is 6.33. The molecule has 0 spiro atoms. The molecule has 0 aliphatic heterocycles. The first-order chi connectivity index (χ1) is 7.90. The zero-order valence-corrected chi connectivity index (χ0v) is 11.2. The van der Waals surface area contributed by atoms with E-state index in [0.29, 0.717) is 23.8 Å². The third-order valence-corrected chi connectivity index (χ3v) is 2.76. The quantitative estimate of drug-likeness (QED) is 0.829. The van der Waals surface area contributed by atoms with E-state index in [9.17, 15) is 4.79 Å². The van der Waals surface area contributed by atoms with Crippen LogP contribution in [0, 0.1) is 0 Å². The average Bonchev–Trinajstić information content (AvgIpc) is 2.23. The molecule has 2 N–H and O–H groups in total. The monoisotopic (exact) mass is 255 g/mol. The molecule has 0 fully saturated rings. The molecular weight excluding hydrogens is 238 g/mol. The van der Waals surface area contributed by atoms with E-state index < -0.39 is 0 Å². The highest BCUT2D eigenvalue weighted by Crippen LogP contribution is 2.20. The second kappa shape index (κ2) is 5.89. The van der Waals surface area contributed by atoms with E-state index in [-0.39, 0.29) is 5.91 Å². The Hall–Kier alpha value is -1.26. The van der Waals surface area contributed by atoms with Crippen LogP contribution in [-0.2, 0) is 11.3 Å². The molecular formula is C12H18ClN3O. The molecule has 1 aromatic carbocycles. The molecule has 1 amide bonds. The fourth-order valence-corrected chi connectivity index (χ4v) is 1.55. The molecule has 0 bridgehead atoms. The number of hydrogen-bond acceptors (Lipinski definition) is 3. The summed E-state index contributed by atoms with van der Waals surface area (Å²) in [5.74, 6) is 0.0782. The number of amides is 1. The van der Waals surface area contributed by atoms with Crippen LogP contribution >= 0.6 is 11.6 Å². The fourth-order valence-electron chi connectivity index (χ4n) is 1.43. The molecule has 0 saturated carbocycles. The van der Waals surface area contributed by atoms with Crippen LogP contribution in [0.25, 0.3) is 0 Å². The van der Waals surface area contributed by atoms with Crippen molar-refractivity contribution in [3.8, 4) is 0 Å². The smallest absolute Gasteiger partial charge is 0.236 e. The van der Waals surface area contributed by atoms with Crippen LogP contribution in [0.5, 0.6) is 0 Å². The molecule has 0 saturated heterocycles. The van der Waals surface area contributed by atoms with E-state index in [1.165, 1.54) is 0 Å². The largest absolute Gasteiger partial charge is 0.398 e. The van der Waals surface area contributed by atoms with E-state index >= 15 is 0 Å². The van der Waals surface area contributed by atoms with Crippen molar-refractivity contribution in [2.24, 2.45) is 0 Å². The van der Waals surface area contributed by atoms with Crippen molar-refractivity contribution in [3.63, 3.8) is 0 Å². The van der Waals surface area contributed by atoms with Gasteiger partial charge in [0.15, 0.2) is 0 Å². The lowest BCUT2D eigenvalue weighted by atomic mass is 10.2. The van der Waals surface area contributed by atoms with Crippen molar-refractivity contribution in [1.82, 2.24) is 9.80 Å². The number of benzene rings is 1. The van der Waals surface area contributed by atoms with Crippen LogP contribution in [0.4, 0.5) is 5.69 Å². The van der Waals surface area contributed by atoms with Crippen molar-refractivity contribution < 1.29 is 4.79 Å². The van der Waals surface area contributed by atoms with E-state index in [1.54, 1.807) is 25.1 Å². The Morgan fingerprint density at radius 1 is 1.35 bits per heavy atom. The van der Waals surface area contributed by atoms with Gasteiger partial charge in [-0.1, -0.05) is 17.7 Å². The van der Waals surface area contributed by atoms with Gasteiger partial charge in [0.1, 0.15) is 0 Å². The number of likely N-dealkylation sites (N-methyl/N-ethyl adjacent to an activating group) is 2. The number of rotatable bonds is 4. The first-order valence-corrected chi connectivity index (χ1v) is 5.70. The SMILES string of the molecule is CN(CC(=O)N(C)C)Cc1ccc(Cl)c(N)c1. The van der Waals surface area contributed by atoms with Gasteiger partial charge in [0, 0.05) is 20.6 Å². The molecule has 17 heavy (non-hydrogen) atoms. The lowest BCUT2D eigenvalue weighted by Crippen LogP contribution is -2.34. The van der Waals surface area contributed by atoms with Gasteiger partial charge in [-0.05, 0) is 24.7 Å². The van der Waals surface area contributed by atoms with Gasteiger partial charge < -0.3 is 10.6 Å². The average molecular weight is 256 g/mol. The molecule has 1 rings (SSSR count). The summed E-state index contributed by atoms with van der Waals surface area (Å²) in [6, 6.07) is 5.52. The van der Waals surface area contributed by atoms with Crippen LogP contribution in [0.15, 0.2) is 18.2 Å². The first-order valence-electron chi connectivity index (χ1n) is 5.32. The van der Waals surface area contributed by atoms with E-state index in [1.807, 2.05) is 24.1 Å². The molecule has 0 unspecified atom stereocenters. The van der Waals surface area contributed by atoms with Gasteiger partial charge in [0.2, 0.25) is 5.91 Å². The second-order valence-electron chi connectivity index (χ2n) is 4.32. The number of nitrogen functional groups attached to an aromatic ring is 1. The van der Waals surface area contributed by atoms with Gasteiger partial charge in [-0.2, -0.15) is 0 Å². The van der Waals surface area contributed by atoms with Crippen molar-refractivity contribution >= 4 is 23.2 Å². The maximum atomic E-state index is 11.5. The standard InChI is InChI=1S/C12H18ClN3O/c1-15(2)12(17)8-16(3)7-9-4-5-10(13)11(14)6-9/h4-6H,7-8,14H2,1-3H3. The van der Waals surface area contributed by atoms with Gasteiger partial charge in [0.05, 0.1) is 17.3 Å². The minimum absolute atomic E-state index is 0.0782. The zero-order chi connectivity index (χ0) is 13.0. The van der Waals surface area contributed by atoms with E-state index in [0.717, 1.165) is 5.56 Å². The molecule has 4 nitrogen and oxygen atoms in total. The summed E-state index contributed by atoms with van der Waals surface area (Å²) in [5.41, 5.74) is 7.33. The van der Waals surface area contributed by atoms with Crippen molar-refractivity contribution in [2.75, 3.05) is 33.4 Å². The minimum Gasteiger partial charge on any atom is -0.398 e. The van der Waals surface area contributed by atoms with Gasteiger partial charge in [0.25, 0.3) is 0 Å². The number of halogens is 1. The van der Waals surface area contributed by atoms with Crippen molar-refractivity contribution in [1.29, 1.82) is 0 Å². The number of nitrogens with two attached hydrogens (primary N) is 1. The Kier molecular flexibility index (Phi) is 4.78. The maximum Gasteiger partial charge on any atom is 0.236 e. The zero-order valence-electron chi connectivity index (χ0n) is 10.4. The summed E-state index contributed by atoms with van der Waals surface area (Å²) in [6.07, 6.45) is 0. The Bertz CT molecular complexity index is 407. The summed E-state index contributed by atoms with van der Waals surface area (Å²) < 4.78 is 0. The topological polar surface area (TPSA) is 49.6 Å². The fraction of sp³-hybridized carbons (Fsp3) is 0.417. The van der Waals surface area contributed by atoms with Crippen LogP contribution in [0.1, 0.15) is 5.56 Å². The van der Waals surface area contributed by atoms with Gasteiger partial charge in [-0.25, -0.2) is 0 Å². The summed E-state index contributed by atoms with van der Waals surface area (Å²) in [7, 11) is 5.39. The molecule has 0 aliphatic rings. The maximum absolute atomic E-state index is 11.5. The highest BCUT2D eigenvalue weighted by atomic mass is 35.5. The number of carbonyl (C=O) groups is 1.